The zero-order chi connectivity index (χ0) is 41.3. The molecule has 294 valence electrons. The largest absolute Gasteiger partial charge is 0.315 e. The van der Waals surface area contributed by atoms with Crippen LogP contribution in [0.3, 0.4) is 0 Å². The van der Waals surface area contributed by atoms with Crippen molar-refractivity contribution in [2.75, 3.05) is 9.80 Å². The van der Waals surface area contributed by atoms with Gasteiger partial charge in [0.25, 0.3) is 0 Å². The van der Waals surface area contributed by atoms with Crippen LogP contribution in [-0.4, -0.2) is 0 Å². The van der Waals surface area contributed by atoms with E-state index in [1.807, 2.05) is 6.08 Å². The Morgan fingerprint density at radius 2 is 1.02 bits per heavy atom. The lowest BCUT2D eigenvalue weighted by Crippen LogP contribution is -2.29. The van der Waals surface area contributed by atoms with Gasteiger partial charge >= 0.3 is 0 Å². The maximum absolute atomic E-state index is 4.04. The molecule has 0 N–H and O–H groups in total. The molecule has 0 fully saturated rings. The first kappa shape index (κ1) is 37.8. The molecule has 1 aliphatic rings. The van der Waals surface area contributed by atoms with E-state index < -0.39 is 5.41 Å². The lowest BCUT2D eigenvalue weighted by atomic mass is 9.66. The second-order valence-electron chi connectivity index (χ2n) is 16.2. The summed E-state index contributed by atoms with van der Waals surface area (Å²) < 4.78 is 0. The van der Waals surface area contributed by atoms with Gasteiger partial charge in [0.05, 0.1) is 5.41 Å². The lowest BCUT2D eigenvalue weighted by molar-refractivity contribution is 0.736. The molecule has 0 heterocycles. The number of allylic oxidation sites excluding steroid dienone is 3. The van der Waals surface area contributed by atoms with Gasteiger partial charge in [-0.2, -0.15) is 0 Å². The average molecular weight is 785 g/mol. The minimum Gasteiger partial charge on any atom is -0.315 e. The zero-order valence-corrected chi connectivity index (χ0v) is 34.7. The van der Waals surface area contributed by atoms with Gasteiger partial charge < -0.3 is 9.80 Å². The second-order valence-corrected chi connectivity index (χ2v) is 16.2. The molecule has 1 atom stereocenters. The molecule has 10 rings (SSSR count). The Hall–Kier alpha value is -7.42. The summed E-state index contributed by atoms with van der Waals surface area (Å²) in [5.41, 5.74) is 13.8. The average Bonchev–Trinajstić information content (AvgIpc) is 3.62. The van der Waals surface area contributed by atoms with Gasteiger partial charge in [-0.25, -0.2) is 0 Å². The first-order valence-corrected chi connectivity index (χ1v) is 21.4. The molecule has 2 nitrogen and oxygen atoms in total. The Labute approximate surface area is 360 Å². The number of hydrogen-bond donors (Lipinski definition) is 0. The predicted octanol–water partition coefficient (Wildman–Crippen LogP) is 16.1. The number of benzene rings is 9. The summed E-state index contributed by atoms with van der Waals surface area (Å²) in [5, 5.41) is 4.98. The van der Waals surface area contributed by atoms with Gasteiger partial charge in [0.1, 0.15) is 0 Å². The summed E-state index contributed by atoms with van der Waals surface area (Å²) in [6, 6.07) is 78.0. The normalized spacial score (nSPS) is 13.4. The number of fused-ring (bicyclic) bond motifs is 8. The van der Waals surface area contributed by atoms with Gasteiger partial charge in [-0.05, 0) is 135 Å². The SMILES string of the molecule is C=CCC(C)/C=C(\C)N(c1ccccc1)c1ccc2c(c1)C(c1ccccc1)(c1ccccc1)c1c-2c2ccccc2c2cc(N(c3ccccc3)c3ccccc3)ccc12. The van der Waals surface area contributed by atoms with Crippen molar-refractivity contribution in [3.63, 3.8) is 0 Å². The first-order chi connectivity index (χ1) is 30.1. The molecular weight excluding hydrogens is 737 g/mol. The van der Waals surface area contributed by atoms with Crippen molar-refractivity contribution in [3.8, 4) is 11.1 Å². The number of para-hydroxylation sites is 3. The van der Waals surface area contributed by atoms with E-state index in [2.05, 4.69) is 249 Å². The molecule has 9 aromatic carbocycles. The van der Waals surface area contributed by atoms with Crippen LogP contribution in [0.25, 0.3) is 32.7 Å². The molecule has 0 amide bonds. The molecule has 0 aromatic heterocycles. The van der Waals surface area contributed by atoms with Gasteiger partial charge in [-0.15, -0.1) is 6.58 Å². The highest BCUT2D eigenvalue weighted by Crippen LogP contribution is 2.61. The molecule has 0 radical (unpaired) electrons. The van der Waals surface area contributed by atoms with Gasteiger partial charge in [0, 0.05) is 34.1 Å². The van der Waals surface area contributed by atoms with Crippen LogP contribution in [0.2, 0.25) is 0 Å². The van der Waals surface area contributed by atoms with E-state index in [1.165, 1.54) is 60.6 Å². The van der Waals surface area contributed by atoms with Gasteiger partial charge in [-0.3, -0.25) is 0 Å². The fraction of sp³-hybridized carbons (Fsp3) is 0.0847. The van der Waals surface area contributed by atoms with Crippen LogP contribution in [0, 0.1) is 5.92 Å². The van der Waals surface area contributed by atoms with E-state index in [0.29, 0.717) is 5.92 Å². The quantitative estimate of drug-likeness (QED) is 0.0952. The van der Waals surface area contributed by atoms with Crippen LogP contribution in [0.1, 0.15) is 42.5 Å². The molecule has 0 aliphatic heterocycles. The number of nitrogens with zero attached hydrogens (tertiary/aromatic N) is 2. The van der Waals surface area contributed by atoms with Crippen molar-refractivity contribution in [2.24, 2.45) is 5.92 Å². The van der Waals surface area contributed by atoms with Gasteiger partial charge in [-0.1, -0.05) is 171 Å². The molecule has 0 saturated carbocycles. The smallest absolute Gasteiger partial charge is 0.0720 e. The summed E-state index contributed by atoms with van der Waals surface area (Å²) in [6.45, 7) is 8.55. The molecule has 2 heteroatoms. The number of rotatable bonds is 11. The van der Waals surface area contributed by atoms with E-state index in [1.54, 1.807) is 0 Å². The maximum atomic E-state index is 4.04. The Bertz CT molecular complexity index is 2950. The molecule has 0 saturated heterocycles. The van der Waals surface area contributed by atoms with E-state index in [4.69, 9.17) is 0 Å². The molecule has 61 heavy (non-hydrogen) atoms. The van der Waals surface area contributed by atoms with E-state index in [9.17, 15) is 0 Å². The second kappa shape index (κ2) is 16.0. The third-order valence-electron chi connectivity index (χ3n) is 12.5. The minimum atomic E-state index is -0.637. The highest BCUT2D eigenvalue weighted by atomic mass is 15.1. The molecule has 1 aliphatic carbocycles. The predicted molar refractivity (Wildman–Crippen MR) is 260 cm³/mol. The zero-order valence-electron chi connectivity index (χ0n) is 34.7. The lowest BCUT2D eigenvalue weighted by Gasteiger charge is -2.36. The van der Waals surface area contributed by atoms with Crippen molar-refractivity contribution in [2.45, 2.75) is 25.7 Å². The maximum Gasteiger partial charge on any atom is 0.0720 e. The van der Waals surface area contributed by atoms with Crippen molar-refractivity contribution in [1.82, 2.24) is 0 Å². The van der Waals surface area contributed by atoms with Crippen molar-refractivity contribution < 1.29 is 0 Å². The van der Waals surface area contributed by atoms with Crippen LogP contribution in [0.15, 0.2) is 237 Å². The van der Waals surface area contributed by atoms with Crippen LogP contribution < -0.4 is 9.80 Å². The Balaban J connectivity index is 1.31. The fourth-order valence-corrected chi connectivity index (χ4v) is 10.0. The molecular formula is C59H48N2. The van der Waals surface area contributed by atoms with Crippen molar-refractivity contribution in [3.05, 3.63) is 259 Å². The highest BCUT2D eigenvalue weighted by Gasteiger charge is 2.48. The standard InChI is InChI=1S/C59H48N2/c1-4-22-42(2)39-43(3)60(46-27-14-7-15-28-46)50-36-38-54-56(41-50)59(44-23-10-5-11-24-44,45-25-12-6-13-26-45)58-53-37-35-49(40-55(53)51-33-20-21-34-52(51)57(54)58)61(47-29-16-8-17-30-47)48-31-18-9-19-32-48/h4-21,23-42H,1,22H2,2-3H3/b43-39+. The van der Waals surface area contributed by atoms with Crippen LogP contribution in [-0.2, 0) is 5.41 Å². The van der Waals surface area contributed by atoms with E-state index in [-0.39, 0.29) is 0 Å². The van der Waals surface area contributed by atoms with Crippen LogP contribution >= 0.6 is 0 Å². The van der Waals surface area contributed by atoms with Gasteiger partial charge in [0.2, 0.25) is 0 Å². The number of anilines is 5. The summed E-state index contributed by atoms with van der Waals surface area (Å²) in [6.07, 6.45) is 5.31. The third kappa shape index (κ3) is 6.44. The molecule has 0 bridgehead atoms. The molecule has 9 aromatic rings. The van der Waals surface area contributed by atoms with Crippen molar-refractivity contribution >= 4 is 50.0 Å². The monoisotopic (exact) mass is 784 g/mol. The van der Waals surface area contributed by atoms with E-state index in [0.717, 1.165) is 34.9 Å². The highest BCUT2D eigenvalue weighted by molar-refractivity contribution is 6.20. The summed E-state index contributed by atoms with van der Waals surface area (Å²) in [4.78, 5) is 4.79. The molecule has 0 spiro atoms. The summed E-state index contributed by atoms with van der Waals surface area (Å²) >= 11 is 0. The first-order valence-electron chi connectivity index (χ1n) is 21.4. The fourth-order valence-electron chi connectivity index (χ4n) is 10.0. The third-order valence-corrected chi connectivity index (χ3v) is 12.5. The van der Waals surface area contributed by atoms with Crippen LogP contribution in [0.4, 0.5) is 28.4 Å². The summed E-state index contributed by atoms with van der Waals surface area (Å²) in [7, 11) is 0. The topological polar surface area (TPSA) is 6.48 Å². The minimum absolute atomic E-state index is 0.345. The Morgan fingerprint density at radius 3 is 1.59 bits per heavy atom. The van der Waals surface area contributed by atoms with Crippen molar-refractivity contribution in [1.29, 1.82) is 0 Å². The Morgan fingerprint density at radius 1 is 0.508 bits per heavy atom. The van der Waals surface area contributed by atoms with Crippen LogP contribution in [0.5, 0.6) is 0 Å². The van der Waals surface area contributed by atoms with E-state index >= 15 is 0 Å². The summed E-state index contributed by atoms with van der Waals surface area (Å²) in [5.74, 6) is 0.345. The Kier molecular flexibility index (Phi) is 9.91. The molecule has 1 unspecified atom stereocenters. The number of hydrogen-bond acceptors (Lipinski definition) is 2. The van der Waals surface area contributed by atoms with Gasteiger partial charge in [0.15, 0.2) is 0 Å².